The summed E-state index contributed by atoms with van der Waals surface area (Å²) in [5.41, 5.74) is 0.890. The molecule has 1 saturated carbocycles. The van der Waals surface area contributed by atoms with Crippen LogP contribution in [0.15, 0.2) is 16.7 Å². The Morgan fingerprint density at radius 3 is 2.58 bits per heavy atom. The summed E-state index contributed by atoms with van der Waals surface area (Å²) in [6.45, 7) is 6.70. The molecule has 24 heavy (non-hydrogen) atoms. The number of nitrogens with zero attached hydrogens (tertiary/aromatic N) is 2. The highest BCUT2D eigenvalue weighted by Gasteiger charge is 2.45. The Balaban J connectivity index is 1.43. The molecule has 2 aliphatic heterocycles. The van der Waals surface area contributed by atoms with Crippen LogP contribution in [0.2, 0.25) is 0 Å². The van der Waals surface area contributed by atoms with Crippen LogP contribution in [-0.4, -0.2) is 72.4 Å². The average Bonchev–Trinajstić information content (AvgIpc) is 3.20. The van der Waals surface area contributed by atoms with E-state index in [4.69, 9.17) is 9.15 Å². The molecule has 1 aromatic heterocycles. The number of aryl methyl sites for hydroxylation is 1. The quantitative estimate of drug-likeness (QED) is 0.878. The molecule has 132 valence electrons. The van der Waals surface area contributed by atoms with Gasteiger partial charge in [-0.1, -0.05) is 0 Å². The molecule has 4 atom stereocenters. The molecule has 1 aliphatic carbocycles. The number of aliphatic hydroxyl groups excluding tert-OH is 1. The van der Waals surface area contributed by atoms with Gasteiger partial charge in [-0.3, -0.25) is 9.69 Å². The van der Waals surface area contributed by atoms with Crippen molar-refractivity contribution in [2.75, 3.05) is 39.4 Å². The predicted octanol–water partition coefficient (Wildman–Crippen LogP) is 1.13. The summed E-state index contributed by atoms with van der Waals surface area (Å²) in [7, 11) is 0. The molecule has 0 spiro atoms. The van der Waals surface area contributed by atoms with E-state index in [0.717, 1.165) is 57.8 Å². The normalized spacial score (nSPS) is 34.3. The van der Waals surface area contributed by atoms with Gasteiger partial charge >= 0.3 is 0 Å². The number of amides is 1. The lowest BCUT2D eigenvalue weighted by atomic mass is 9.77. The molecule has 3 heterocycles. The molecule has 3 fully saturated rings. The van der Waals surface area contributed by atoms with Crippen LogP contribution in [0.3, 0.4) is 0 Å². The van der Waals surface area contributed by atoms with Crippen LogP contribution in [0.1, 0.15) is 29.0 Å². The number of hydrogen-bond acceptors (Lipinski definition) is 5. The fraction of sp³-hybridized carbons (Fsp3) is 0.722. The Morgan fingerprint density at radius 2 is 1.92 bits per heavy atom. The number of ether oxygens (including phenoxy) is 1. The van der Waals surface area contributed by atoms with E-state index in [1.807, 2.05) is 17.9 Å². The first kappa shape index (κ1) is 16.1. The van der Waals surface area contributed by atoms with Crippen molar-refractivity contribution in [1.82, 2.24) is 9.80 Å². The fourth-order valence-corrected chi connectivity index (χ4v) is 4.61. The number of furan rings is 1. The minimum atomic E-state index is -0.301. The topological polar surface area (TPSA) is 66.2 Å². The smallest absolute Gasteiger partial charge is 0.289 e. The van der Waals surface area contributed by atoms with Crippen LogP contribution in [-0.2, 0) is 4.74 Å². The molecule has 0 radical (unpaired) electrons. The van der Waals surface area contributed by atoms with E-state index in [2.05, 4.69) is 4.90 Å². The average molecular weight is 334 g/mol. The van der Waals surface area contributed by atoms with E-state index in [9.17, 15) is 9.90 Å². The van der Waals surface area contributed by atoms with Gasteiger partial charge in [0.25, 0.3) is 5.91 Å². The SMILES string of the molecule is Cc1ccoc1C(=O)N1C[C@H]2C[C@@H](N3CCOCC3)[C@H](O)C[C@H]2C1. The van der Waals surface area contributed by atoms with Crippen molar-refractivity contribution in [2.24, 2.45) is 11.8 Å². The van der Waals surface area contributed by atoms with Gasteiger partial charge in [-0.25, -0.2) is 0 Å². The number of carbonyl (C=O) groups excluding carboxylic acids is 1. The third-order valence-corrected chi connectivity index (χ3v) is 5.97. The summed E-state index contributed by atoms with van der Waals surface area (Å²) in [6.07, 6.45) is 3.02. The number of likely N-dealkylation sites (tertiary alicyclic amines) is 1. The highest BCUT2D eigenvalue weighted by atomic mass is 16.5. The van der Waals surface area contributed by atoms with Crippen LogP contribution in [0.25, 0.3) is 0 Å². The summed E-state index contributed by atoms with van der Waals surface area (Å²) in [6, 6.07) is 2.03. The molecule has 4 rings (SSSR count). The van der Waals surface area contributed by atoms with Gasteiger partial charge in [-0.2, -0.15) is 0 Å². The first-order valence-corrected chi connectivity index (χ1v) is 8.96. The molecule has 1 amide bonds. The van der Waals surface area contributed by atoms with E-state index in [0.29, 0.717) is 17.6 Å². The summed E-state index contributed by atoms with van der Waals surface area (Å²) >= 11 is 0. The van der Waals surface area contributed by atoms with E-state index in [-0.39, 0.29) is 18.1 Å². The molecule has 6 heteroatoms. The summed E-state index contributed by atoms with van der Waals surface area (Å²) in [5, 5.41) is 10.6. The van der Waals surface area contributed by atoms with Crippen molar-refractivity contribution in [1.29, 1.82) is 0 Å². The Hall–Kier alpha value is -1.37. The second-order valence-corrected chi connectivity index (χ2v) is 7.42. The number of hydrogen-bond donors (Lipinski definition) is 1. The maximum Gasteiger partial charge on any atom is 0.289 e. The van der Waals surface area contributed by atoms with Gasteiger partial charge in [0, 0.05) is 37.8 Å². The van der Waals surface area contributed by atoms with E-state index in [1.54, 1.807) is 6.26 Å². The van der Waals surface area contributed by atoms with Gasteiger partial charge < -0.3 is 19.2 Å². The number of rotatable bonds is 2. The highest BCUT2D eigenvalue weighted by Crippen LogP contribution is 2.39. The van der Waals surface area contributed by atoms with E-state index in [1.165, 1.54) is 0 Å². The maximum absolute atomic E-state index is 12.7. The fourth-order valence-electron chi connectivity index (χ4n) is 4.61. The summed E-state index contributed by atoms with van der Waals surface area (Å²) in [4.78, 5) is 17.0. The van der Waals surface area contributed by atoms with Gasteiger partial charge in [-0.15, -0.1) is 0 Å². The lowest BCUT2D eigenvalue weighted by Crippen LogP contribution is -2.53. The molecular weight excluding hydrogens is 308 g/mol. The van der Waals surface area contributed by atoms with E-state index < -0.39 is 0 Å². The summed E-state index contributed by atoms with van der Waals surface area (Å²) < 4.78 is 10.8. The van der Waals surface area contributed by atoms with Gasteiger partial charge in [0.2, 0.25) is 0 Å². The minimum absolute atomic E-state index is 0.00990. The Morgan fingerprint density at radius 1 is 1.21 bits per heavy atom. The van der Waals surface area contributed by atoms with E-state index >= 15 is 0 Å². The zero-order valence-corrected chi connectivity index (χ0v) is 14.2. The number of morpholine rings is 1. The van der Waals surface area contributed by atoms with Gasteiger partial charge in [0.15, 0.2) is 5.76 Å². The molecule has 1 N–H and O–H groups in total. The molecular formula is C18H26N2O4. The largest absolute Gasteiger partial charge is 0.459 e. The Labute approximate surface area is 142 Å². The zero-order valence-electron chi connectivity index (χ0n) is 14.2. The van der Waals surface area contributed by atoms with Crippen LogP contribution < -0.4 is 0 Å². The highest BCUT2D eigenvalue weighted by molar-refractivity contribution is 5.93. The second-order valence-electron chi connectivity index (χ2n) is 7.42. The maximum atomic E-state index is 12.7. The molecule has 0 aromatic carbocycles. The van der Waals surface area contributed by atoms with Crippen molar-refractivity contribution in [3.05, 3.63) is 23.7 Å². The molecule has 1 aromatic rings. The third-order valence-electron chi connectivity index (χ3n) is 5.97. The predicted molar refractivity (Wildman–Crippen MR) is 87.7 cm³/mol. The van der Waals surface area contributed by atoms with Gasteiger partial charge in [0.1, 0.15) is 0 Å². The number of aliphatic hydroxyl groups is 1. The number of carbonyl (C=O) groups is 1. The van der Waals surface area contributed by atoms with Crippen molar-refractivity contribution >= 4 is 5.91 Å². The van der Waals surface area contributed by atoms with Crippen molar-refractivity contribution in [2.45, 2.75) is 31.9 Å². The summed E-state index contributed by atoms with van der Waals surface area (Å²) in [5.74, 6) is 1.32. The first-order chi connectivity index (χ1) is 11.6. The van der Waals surface area contributed by atoms with Gasteiger partial charge in [-0.05, 0) is 37.7 Å². The molecule has 2 saturated heterocycles. The lowest BCUT2D eigenvalue weighted by Gasteiger charge is -2.43. The van der Waals surface area contributed by atoms with Crippen molar-refractivity contribution in [3.8, 4) is 0 Å². The minimum Gasteiger partial charge on any atom is -0.459 e. The zero-order chi connectivity index (χ0) is 16.7. The standard InChI is InChI=1S/C18H26N2O4/c1-12-2-5-24-17(12)18(22)20-10-13-8-15(16(21)9-14(13)11-20)19-3-6-23-7-4-19/h2,5,13-16,21H,3-4,6-11H2,1H3/t13-,14+,15-,16-/m1/s1. The molecule has 0 unspecified atom stereocenters. The Kier molecular flexibility index (Phi) is 4.37. The number of fused-ring (bicyclic) bond motifs is 1. The van der Waals surface area contributed by atoms with Crippen LogP contribution in [0.5, 0.6) is 0 Å². The molecule has 6 nitrogen and oxygen atoms in total. The lowest BCUT2D eigenvalue weighted by molar-refractivity contribution is -0.0520. The molecule has 3 aliphatic rings. The van der Waals surface area contributed by atoms with Crippen molar-refractivity contribution in [3.63, 3.8) is 0 Å². The van der Waals surface area contributed by atoms with Crippen LogP contribution in [0.4, 0.5) is 0 Å². The first-order valence-electron chi connectivity index (χ1n) is 8.96. The Bertz CT molecular complexity index is 596. The second kappa shape index (κ2) is 6.50. The van der Waals surface area contributed by atoms with Crippen LogP contribution >= 0.6 is 0 Å². The van der Waals surface area contributed by atoms with Gasteiger partial charge in [0.05, 0.1) is 25.6 Å². The third kappa shape index (κ3) is 2.87. The van der Waals surface area contributed by atoms with Crippen LogP contribution in [0, 0.1) is 18.8 Å². The molecule has 0 bridgehead atoms. The monoisotopic (exact) mass is 334 g/mol. The van der Waals surface area contributed by atoms with Crippen molar-refractivity contribution < 1.29 is 19.1 Å².